The van der Waals surface area contributed by atoms with Crippen LogP contribution in [0.2, 0.25) is 0 Å². The summed E-state index contributed by atoms with van der Waals surface area (Å²) in [5.74, 6) is 1.10. The molecule has 31 heavy (non-hydrogen) atoms. The van der Waals surface area contributed by atoms with Gasteiger partial charge in [-0.2, -0.15) is 0 Å². The van der Waals surface area contributed by atoms with Gasteiger partial charge in [0.05, 0.1) is 25.5 Å². The van der Waals surface area contributed by atoms with Crippen LogP contribution < -0.4 is 10.1 Å². The van der Waals surface area contributed by atoms with E-state index >= 15 is 0 Å². The molecule has 0 radical (unpaired) electrons. The fourth-order valence-corrected chi connectivity index (χ4v) is 4.64. The summed E-state index contributed by atoms with van der Waals surface area (Å²) in [6, 6.07) is 3.37. The van der Waals surface area contributed by atoms with Crippen LogP contribution in [0.1, 0.15) is 62.9 Å². The molecule has 1 spiro atoms. The predicted molar refractivity (Wildman–Crippen MR) is 116 cm³/mol. The van der Waals surface area contributed by atoms with E-state index in [2.05, 4.69) is 10.3 Å². The van der Waals surface area contributed by atoms with Gasteiger partial charge >= 0.3 is 6.09 Å². The molecular weight excluding hydrogens is 398 g/mol. The van der Waals surface area contributed by atoms with Gasteiger partial charge in [-0.15, -0.1) is 0 Å². The first-order chi connectivity index (χ1) is 14.9. The number of hydrogen-bond acceptors (Lipinski definition) is 6. The van der Waals surface area contributed by atoms with Crippen molar-refractivity contribution >= 4 is 12.0 Å². The van der Waals surface area contributed by atoms with Gasteiger partial charge in [0.2, 0.25) is 0 Å². The first kappa shape index (κ1) is 23.3. The van der Waals surface area contributed by atoms with E-state index in [0.29, 0.717) is 23.5 Å². The lowest BCUT2D eigenvalue weighted by Gasteiger charge is -2.52. The number of amides is 2. The Balaban J connectivity index is 1.29. The Morgan fingerprint density at radius 3 is 2.65 bits per heavy atom. The summed E-state index contributed by atoms with van der Waals surface area (Å²) in [6.45, 7) is 6.13. The third-order valence-electron chi connectivity index (χ3n) is 6.25. The number of likely N-dealkylation sites (tertiary alicyclic amines) is 1. The summed E-state index contributed by atoms with van der Waals surface area (Å²) < 4.78 is 11.1. The van der Waals surface area contributed by atoms with Gasteiger partial charge in [-0.1, -0.05) is 0 Å². The average Bonchev–Trinajstić information content (AvgIpc) is 2.74. The van der Waals surface area contributed by atoms with E-state index in [-0.39, 0.29) is 31.3 Å². The Kier molecular flexibility index (Phi) is 8.12. The van der Waals surface area contributed by atoms with Crippen molar-refractivity contribution in [2.24, 2.45) is 11.3 Å². The van der Waals surface area contributed by atoms with E-state index in [9.17, 15) is 9.59 Å². The minimum atomic E-state index is -0.304. The van der Waals surface area contributed by atoms with Gasteiger partial charge in [0.1, 0.15) is 11.4 Å². The smallest absolute Gasteiger partial charge is 0.410 e. The third kappa shape index (κ3) is 6.56. The number of aliphatic hydroxyl groups excluding tert-OH is 1. The second kappa shape index (κ2) is 10.8. The van der Waals surface area contributed by atoms with E-state index in [1.807, 2.05) is 18.7 Å². The Labute approximate surface area is 184 Å². The standard InChI is InChI=1S/C23H35N3O5/c1-17(2)31-22(29)26-10-7-23(8-11-26)14-18(15-23)4-3-13-30-19-5-6-20(25-16-19)21(28)24-9-12-27/h5-6,16-18,27H,3-4,7-15H2,1-2H3,(H,24,28). The molecule has 0 aromatic carbocycles. The van der Waals surface area contributed by atoms with Crippen LogP contribution in [0, 0.1) is 11.3 Å². The molecule has 2 fully saturated rings. The molecule has 1 saturated heterocycles. The van der Waals surface area contributed by atoms with Gasteiger partial charge in [-0.3, -0.25) is 4.79 Å². The van der Waals surface area contributed by atoms with Crippen molar-refractivity contribution in [3.05, 3.63) is 24.0 Å². The van der Waals surface area contributed by atoms with Gasteiger partial charge in [-0.25, -0.2) is 9.78 Å². The molecule has 1 aliphatic carbocycles. The minimum Gasteiger partial charge on any atom is -0.492 e. The zero-order chi connectivity index (χ0) is 22.3. The van der Waals surface area contributed by atoms with Crippen LogP contribution in [0.3, 0.4) is 0 Å². The Bertz CT molecular complexity index is 721. The third-order valence-corrected chi connectivity index (χ3v) is 6.25. The topological polar surface area (TPSA) is 101 Å². The van der Waals surface area contributed by atoms with Crippen LogP contribution in [0.25, 0.3) is 0 Å². The number of hydrogen-bond donors (Lipinski definition) is 2. The van der Waals surface area contributed by atoms with Crippen molar-refractivity contribution in [3.8, 4) is 5.75 Å². The van der Waals surface area contributed by atoms with E-state index < -0.39 is 0 Å². The fraction of sp³-hybridized carbons (Fsp3) is 0.696. The number of nitrogens with one attached hydrogen (secondary N) is 1. The number of carbonyl (C=O) groups is 2. The van der Waals surface area contributed by atoms with E-state index in [0.717, 1.165) is 44.7 Å². The summed E-state index contributed by atoms with van der Waals surface area (Å²) in [6.07, 6.45) is 8.12. The summed E-state index contributed by atoms with van der Waals surface area (Å²) in [4.78, 5) is 29.7. The van der Waals surface area contributed by atoms with Crippen LogP contribution in [0.15, 0.2) is 18.3 Å². The molecule has 8 nitrogen and oxygen atoms in total. The Hall–Kier alpha value is -2.35. The minimum absolute atomic E-state index is 0.0659. The van der Waals surface area contributed by atoms with Gasteiger partial charge < -0.3 is 24.8 Å². The highest BCUT2D eigenvalue weighted by Gasteiger charge is 2.46. The normalized spacial score (nSPS) is 18.0. The fourth-order valence-electron chi connectivity index (χ4n) is 4.64. The second-order valence-electron chi connectivity index (χ2n) is 9.04. The van der Waals surface area contributed by atoms with Crippen LogP contribution in [-0.4, -0.2) is 65.9 Å². The average molecular weight is 434 g/mol. The molecule has 3 rings (SSSR count). The predicted octanol–water partition coefficient (Wildman–Crippen LogP) is 3.00. The number of aromatic nitrogens is 1. The lowest BCUT2D eigenvalue weighted by molar-refractivity contribution is -0.0203. The first-order valence-corrected chi connectivity index (χ1v) is 11.3. The molecule has 0 unspecified atom stereocenters. The highest BCUT2D eigenvalue weighted by Crippen LogP contribution is 2.54. The van der Waals surface area contributed by atoms with Gasteiger partial charge in [0.15, 0.2) is 0 Å². The van der Waals surface area contributed by atoms with Crippen LogP contribution in [0.4, 0.5) is 4.79 Å². The molecule has 0 atom stereocenters. The molecule has 2 heterocycles. The van der Waals surface area contributed by atoms with Crippen molar-refractivity contribution in [2.75, 3.05) is 32.8 Å². The molecule has 1 aromatic heterocycles. The van der Waals surface area contributed by atoms with E-state index in [1.165, 1.54) is 12.8 Å². The summed E-state index contributed by atoms with van der Waals surface area (Å²) in [5.41, 5.74) is 0.736. The van der Waals surface area contributed by atoms with Gasteiger partial charge in [0, 0.05) is 19.6 Å². The highest BCUT2D eigenvalue weighted by atomic mass is 16.6. The monoisotopic (exact) mass is 433 g/mol. The molecule has 8 heteroatoms. The van der Waals surface area contributed by atoms with Gasteiger partial charge in [-0.05, 0) is 75.8 Å². The molecule has 1 aliphatic heterocycles. The second-order valence-corrected chi connectivity index (χ2v) is 9.04. The molecule has 1 saturated carbocycles. The van der Waals surface area contributed by atoms with Crippen molar-refractivity contribution in [1.82, 2.24) is 15.2 Å². The molecule has 2 aliphatic rings. The number of carbonyl (C=O) groups excluding carboxylic acids is 2. The number of aliphatic hydroxyl groups is 1. The van der Waals surface area contributed by atoms with Crippen LogP contribution >= 0.6 is 0 Å². The summed E-state index contributed by atoms with van der Waals surface area (Å²) >= 11 is 0. The summed E-state index contributed by atoms with van der Waals surface area (Å²) in [5, 5.41) is 11.3. The Morgan fingerprint density at radius 1 is 1.29 bits per heavy atom. The zero-order valence-corrected chi connectivity index (χ0v) is 18.6. The van der Waals surface area contributed by atoms with Crippen LogP contribution in [0.5, 0.6) is 5.75 Å². The molecule has 2 amide bonds. The van der Waals surface area contributed by atoms with E-state index in [1.54, 1.807) is 18.3 Å². The lowest BCUT2D eigenvalue weighted by atomic mass is 9.56. The van der Waals surface area contributed by atoms with E-state index in [4.69, 9.17) is 14.6 Å². The van der Waals surface area contributed by atoms with Crippen molar-refractivity contribution in [1.29, 1.82) is 0 Å². The quantitative estimate of drug-likeness (QED) is 0.581. The zero-order valence-electron chi connectivity index (χ0n) is 18.6. The number of rotatable bonds is 9. The maximum atomic E-state index is 12.0. The maximum Gasteiger partial charge on any atom is 0.410 e. The largest absolute Gasteiger partial charge is 0.492 e. The van der Waals surface area contributed by atoms with Gasteiger partial charge in [0.25, 0.3) is 5.91 Å². The first-order valence-electron chi connectivity index (χ1n) is 11.3. The van der Waals surface area contributed by atoms with Crippen molar-refractivity contribution in [3.63, 3.8) is 0 Å². The maximum absolute atomic E-state index is 12.0. The molecule has 1 aromatic rings. The summed E-state index contributed by atoms with van der Waals surface area (Å²) in [7, 11) is 0. The number of pyridine rings is 1. The number of ether oxygens (including phenoxy) is 2. The van der Waals surface area contributed by atoms with Crippen molar-refractivity contribution in [2.45, 2.75) is 58.5 Å². The molecule has 0 bridgehead atoms. The molecular formula is C23H35N3O5. The highest BCUT2D eigenvalue weighted by molar-refractivity contribution is 5.92. The Morgan fingerprint density at radius 2 is 2.03 bits per heavy atom. The van der Waals surface area contributed by atoms with Crippen LogP contribution in [-0.2, 0) is 4.74 Å². The molecule has 2 N–H and O–H groups in total. The lowest BCUT2D eigenvalue weighted by Crippen LogP contribution is -2.49. The SMILES string of the molecule is CC(C)OC(=O)N1CCC2(CC1)CC(CCCOc1ccc(C(=O)NCCO)nc1)C2. The molecule has 172 valence electrons. The number of nitrogens with zero attached hydrogens (tertiary/aromatic N) is 2. The number of piperidine rings is 1. The van der Waals surface area contributed by atoms with Crippen molar-refractivity contribution < 1.29 is 24.2 Å².